The lowest BCUT2D eigenvalue weighted by Gasteiger charge is -2.36. The lowest BCUT2D eigenvalue weighted by atomic mass is 9.87. The Morgan fingerprint density at radius 2 is 1.97 bits per heavy atom. The Labute approximate surface area is 195 Å². The predicted octanol–water partition coefficient (Wildman–Crippen LogP) is 2.61. The molecular formula is C23H34N4O5S. The molecule has 2 heterocycles. The number of rotatable bonds is 9. The van der Waals surface area contributed by atoms with Crippen molar-refractivity contribution in [2.24, 2.45) is 0 Å². The molecule has 2 N–H and O–H groups in total. The molecule has 1 saturated heterocycles. The molecule has 1 aromatic carbocycles. The zero-order valence-electron chi connectivity index (χ0n) is 19.1. The third-order valence-electron chi connectivity index (χ3n) is 6.72. The Bertz CT molecular complexity index is 1010. The minimum absolute atomic E-state index is 0.0727. The topological polar surface area (TPSA) is 116 Å². The first kappa shape index (κ1) is 24.1. The van der Waals surface area contributed by atoms with Crippen LogP contribution in [0.2, 0.25) is 0 Å². The third-order valence-corrected chi connectivity index (χ3v) is 8.25. The number of methoxy groups -OCH3 is 1. The van der Waals surface area contributed by atoms with Gasteiger partial charge in [0, 0.05) is 18.7 Å². The number of ether oxygens (including phenoxy) is 2. The van der Waals surface area contributed by atoms with Gasteiger partial charge in [-0.3, -0.25) is 4.68 Å². The summed E-state index contributed by atoms with van der Waals surface area (Å²) in [4.78, 5) is 0.0752. The van der Waals surface area contributed by atoms with E-state index >= 15 is 0 Å². The zero-order valence-corrected chi connectivity index (χ0v) is 19.9. The molecule has 0 radical (unpaired) electrons. The first-order valence-electron chi connectivity index (χ1n) is 11.8. The van der Waals surface area contributed by atoms with Gasteiger partial charge in [-0.1, -0.05) is 36.6 Å². The van der Waals surface area contributed by atoms with Gasteiger partial charge in [0.2, 0.25) is 10.0 Å². The van der Waals surface area contributed by atoms with E-state index in [1.165, 1.54) is 45.3 Å². The highest BCUT2D eigenvalue weighted by molar-refractivity contribution is 7.89. The summed E-state index contributed by atoms with van der Waals surface area (Å²) in [5.41, 5.74) is 1.08. The van der Waals surface area contributed by atoms with Gasteiger partial charge in [0.1, 0.15) is 10.6 Å². The van der Waals surface area contributed by atoms with E-state index in [-0.39, 0.29) is 23.4 Å². The molecule has 0 spiro atoms. The molecule has 182 valence electrons. The van der Waals surface area contributed by atoms with E-state index in [4.69, 9.17) is 9.47 Å². The zero-order chi connectivity index (χ0) is 23.3. The number of aliphatic hydroxyl groups excluding tert-OH is 1. The summed E-state index contributed by atoms with van der Waals surface area (Å²) in [5, 5.41) is 18.5. The number of aromatic nitrogens is 3. The highest BCUT2D eigenvalue weighted by Crippen LogP contribution is 2.31. The quantitative estimate of drug-likeness (QED) is 0.569. The monoisotopic (exact) mass is 478 g/mol. The normalized spacial score (nSPS) is 24.6. The molecule has 33 heavy (non-hydrogen) atoms. The summed E-state index contributed by atoms with van der Waals surface area (Å²) in [6.45, 7) is 0.422. The molecule has 0 unspecified atom stereocenters. The minimum atomic E-state index is -3.81. The number of nitrogens with zero attached hydrogens (tertiary/aromatic N) is 3. The largest absolute Gasteiger partial charge is 0.495 e. The van der Waals surface area contributed by atoms with Gasteiger partial charge >= 0.3 is 0 Å². The molecule has 1 aromatic heterocycles. The molecule has 1 aliphatic carbocycles. The van der Waals surface area contributed by atoms with Crippen molar-refractivity contribution in [3.63, 3.8) is 0 Å². The van der Waals surface area contributed by atoms with Crippen LogP contribution in [0.5, 0.6) is 5.75 Å². The second-order valence-electron chi connectivity index (χ2n) is 8.97. The number of para-hydroxylation sites is 1. The fourth-order valence-electron chi connectivity index (χ4n) is 4.87. The molecule has 1 saturated carbocycles. The van der Waals surface area contributed by atoms with Gasteiger partial charge in [0.25, 0.3) is 0 Å². The molecule has 4 rings (SSSR count). The van der Waals surface area contributed by atoms with Crippen LogP contribution in [-0.2, 0) is 21.3 Å². The van der Waals surface area contributed by atoms with E-state index in [1.807, 2.05) is 10.9 Å². The van der Waals surface area contributed by atoms with E-state index in [1.54, 1.807) is 18.2 Å². The Morgan fingerprint density at radius 3 is 2.73 bits per heavy atom. The third kappa shape index (κ3) is 5.92. The van der Waals surface area contributed by atoms with Crippen LogP contribution in [0.4, 0.5) is 0 Å². The van der Waals surface area contributed by atoms with Crippen molar-refractivity contribution in [2.45, 2.75) is 87.0 Å². The van der Waals surface area contributed by atoms with Crippen molar-refractivity contribution in [2.75, 3.05) is 13.7 Å². The van der Waals surface area contributed by atoms with Gasteiger partial charge in [-0.15, -0.1) is 5.10 Å². The van der Waals surface area contributed by atoms with Crippen LogP contribution in [-0.4, -0.2) is 60.5 Å². The average Bonchev–Trinajstić information content (AvgIpc) is 3.33. The van der Waals surface area contributed by atoms with Crippen LogP contribution in [0.1, 0.15) is 63.0 Å². The maximum Gasteiger partial charge on any atom is 0.244 e. The van der Waals surface area contributed by atoms with Crippen LogP contribution < -0.4 is 9.46 Å². The molecule has 1 aliphatic heterocycles. The van der Waals surface area contributed by atoms with Gasteiger partial charge in [-0.2, -0.15) is 0 Å². The average molecular weight is 479 g/mol. The molecule has 10 heteroatoms. The second kappa shape index (κ2) is 10.9. The summed E-state index contributed by atoms with van der Waals surface area (Å²) in [6.07, 6.45) is 9.58. The summed E-state index contributed by atoms with van der Waals surface area (Å²) in [5.74, 6) is 0.801. The maximum atomic E-state index is 12.9. The summed E-state index contributed by atoms with van der Waals surface area (Å²) < 4.78 is 41.7. The molecule has 9 nitrogen and oxygen atoms in total. The van der Waals surface area contributed by atoms with Crippen molar-refractivity contribution in [3.8, 4) is 5.75 Å². The molecule has 2 aromatic rings. The lowest BCUT2D eigenvalue weighted by Crippen LogP contribution is -2.51. The first-order chi connectivity index (χ1) is 16.0. The number of aliphatic hydroxyl groups is 1. The van der Waals surface area contributed by atoms with Crippen molar-refractivity contribution in [1.82, 2.24) is 19.7 Å². The van der Waals surface area contributed by atoms with Crippen molar-refractivity contribution in [3.05, 3.63) is 36.2 Å². The van der Waals surface area contributed by atoms with Crippen LogP contribution in [0.25, 0.3) is 0 Å². The SMILES string of the molecule is COc1ccccc1S(=O)(=O)N[C@@H]1CC[C@H](CCn2cc(C3CCCCC3)nn2)O[C@@H]1CO. The minimum Gasteiger partial charge on any atom is -0.495 e. The summed E-state index contributed by atoms with van der Waals surface area (Å²) in [7, 11) is -2.38. The van der Waals surface area contributed by atoms with E-state index in [0.29, 0.717) is 25.3 Å². The number of nitrogens with one attached hydrogen (secondary N) is 1. The number of hydrogen-bond donors (Lipinski definition) is 2. The lowest BCUT2D eigenvalue weighted by molar-refractivity contribution is -0.0891. The summed E-state index contributed by atoms with van der Waals surface area (Å²) >= 11 is 0. The summed E-state index contributed by atoms with van der Waals surface area (Å²) in [6, 6.07) is 5.97. The van der Waals surface area contributed by atoms with E-state index in [9.17, 15) is 13.5 Å². The number of benzene rings is 1. The Kier molecular flexibility index (Phi) is 8.00. The van der Waals surface area contributed by atoms with Gasteiger partial charge in [0.05, 0.1) is 37.7 Å². The van der Waals surface area contributed by atoms with Gasteiger partial charge < -0.3 is 14.6 Å². The van der Waals surface area contributed by atoms with Crippen molar-refractivity contribution in [1.29, 1.82) is 0 Å². The second-order valence-corrected chi connectivity index (χ2v) is 10.6. The number of hydrogen-bond acceptors (Lipinski definition) is 7. The first-order valence-corrected chi connectivity index (χ1v) is 13.3. The van der Waals surface area contributed by atoms with Crippen LogP contribution in [0.15, 0.2) is 35.4 Å². The van der Waals surface area contributed by atoms with Gasteiger partial charge in [-0.25, -0.2) is 13.1 Å². The predicted molar refractivity (Wildman–Crippen MR) is 123 cm³/mol. The van der Waals surface area contributed by atoms with E-state index < -0.39 is 22.2 Å². The van der Waals surface area contributed by atoms with Crippen LogP contribution in [0.3, 0.4) is 0 Å². The standard InChI is InChI=1S/C23H34N4O5S/c1-31-21-9-5-6-10-23(21)33(29,30)25-19-12-11-18(32-22(19)16-28)13-14-27-15-20(24-26-27)17-7-3-2-4-8-17/h5-6,9-10,15,17-19,22,25,28H,2-4,7-8,11-14,16H2,1H3/t18-,19-,22-/m1/s1. The molecule has 3 atom stereocenters. The van der Waals surface area contributed by atoms with Gasteiger partial charge in [-0.05, 0) is 44.2 Å². The van der Waals surface area contributed by atoms with Crippen LogP contribution in [0, 0.1) is 0 Å². The fraction of sp³-hybridized carbons (Fsp3) is 0.652. The van der Waals surface area contributed by atoms with Gasteiger partial charge in [0.15, 0.2) is 0 Å². The fourth-order valence-corrected chi connectivity index (χ4v) is 6.34. The highest BCUT2D eigenvalue weighted by atomic mass is 32.2. The van der Waals surface area contributed by atoms with Crippen molar-refractivity contribution >= 4 is 10.0 Å². The molecule has 2 aliphatic rings. The van der Waals surface area contributed by atoms with Crippen molar-refractivity contribution < 1.29 is 23.0 Å². The Balaban J connectivity index is 1.32. The van der Waals surface area contributed by atoms with E-state index in [0.717, 1.165) is 12.1 Å². The number of sulfonamides is 1. The smallest absolute Gasteiger partial charge is 0.244 e. The van der Waals surface area contributed by atoms with E-state index in [2.05, 4.69) is 15.0 Å². The molecular weight excluding hydrogens is 444 g/mol. The maximum absolute atomic E-state index is 12.9. The Hall–Kier alpha value is -2.01. The molecule has 0 amide bonds. The number of aryl methyl sites for hydroxylation is 1. The van der Waals surface area contributed by atoms with Crippen LogP contribution >= 0.6 is 0 Å². The highest BCUT2D eigenvalue weighted by Gasteiger charge is 2.34. The molecule has 0 bridgehead atoms. The molecule has 2 fully saturated rings. The Morgan fingerprint density at radius 1 is 1.18 bits per heavy atom.